The van der Waals surface area contributed by atoms with Gasteiger partial charge in [0.25, 0.3) is 0 Å². The van der Waals surface area contributed by atoms with E-state index < -0.39 is 0 Å². The molecule has 0 atom stereocenters. The van der Waals surface area contributed by atoms with E-state index in [4.69, 9.17) is 0 Å². The molecule has 4 heteroatoms. The Hall–Kier alpha value is -2.95. The summed E-state index contributed by atoms with van der Waals surface area (Å²) in [7, 11) is 0. The van der Waals surface area contributed by atoms with Gasteiger partial charge in [-0.2, -0.15) is 0 Å². The molecule has 3 aromatic rings. The van der Waals surface area contributed by atoms with Gasteiger partial charge in [-0.25, -0.2) is 9.40 Å². The first-order valence-corrected chi connectivity index (χ1v) is 10.1. The number of hydrazine groups is 1. The fourth-order valence-electron chi connectivity index (χ4n) is 4.52. The van der Waals surface area contributed by atoms with E-state index in [1.165, 1.54) is 34.4 Å². The number of nitrogens with one attached hydrogen (secondary N) is 1. The number of halogens is 1. The van der Waals surface area contributed by atoms with Crippen LogP contribution in [0.15, 0.2) is 79.4 Å². The molecule has 0 radical (unpaired) electrons. The third-order valence-corrected chi connectivity index (χ3v) is 5.97. The van der Waals surface area contributed by atoms with Crippen molar-refractivity contribution in [1.29, 1.82) is 0 Å². The first-order chi connectivity index (χ1) is 14.2. The molecule has 0 bridgehead atoms. The Balaban J connectivity index is 1.29. The van der Waals surface area contributed by atoms with Gasteiger partial charge in [-0.3, -0.25) is 4.90 Å². The standard InChI is InChI=1S/C25H24FN3/c1-18(19-10-12-20(26)13-11-19)27-29-16-14-28(15-17-29)25-23-8-4-2-6-21(23)22-7-3-5-9-24(22)25/h2-13,25,27H,1,14-17H2. The summed E-state index contributed by atoms with van der Waals surface area (Å²) in [5, 5.41) is 2.20. The van der Waals surface area contributed by atoms with Crippen LogP contribution in [0.4, 0.5) is 4.39 Å². The molecule has 1 heterocycles. The van der Waals surface area contributed by atoms with Gasteiger partial charge in [0.2, 0.25) is 0 Å². The smallest absolute Gasteiger partial charge is 0.123 e. The predicted octanol–water partition coefficient (Wildman–Crippen LogP) is 4.69. The van der Waals surface area contributed by atoms with Crippen LogP contribution < -0.4 is 5.43 Å². The van der Waals surface area contributed by atoms with Gasteiger partial charge in [0.1, 0.15) is 5.82 Å². The highest BCUT2D eigenvalue weighted by Gasteiger charge is 2.34. The molecule has 3 aromatic carbocycles. The van der Waals surface area contributed by atoms with Crippen LogP contribution in [0.25, 0.3) is 16.8 Å². The van der Waals surface area contributed by atoms with Crippen molar-refractivity contribution in [3.8, 4) is 11.1 Å². The molecule has 1 N–H and O–H groups in total. The number of rotatable bonds is 4. The van der Waals surface area contributed by atoms with Crippen molar-refractivity contribution >= 4 is 5.70 Å². The van der Waals surface area contributed by atoms with Gasteiger partial charge in [0, 0.05) is 31.9 Å². The molecule has 1 saturated heterocycles. The van der Waals surface area contributed by atoms with Crippen molar-refractivity contribution in [1.82, 2.24) is 15.3 Å². The van der Waals surface area contributed by atoms with Crippen LogP contribution in [-0.4, -0.2) is 36.1 Å². The number of hydrogen-bond donors (Lipinski definition) is 1. The Morgan fingerprint density at radius 3 is 1.93 bits per heavy atom. The van der Waals surface area contributed by atoms with E-state index in [0.29, 0.717) is 6.04 Å². The van der Waals surface area contributed by atoms with Crippen LogP contribution in [0.5, 0.6) is 0 Å². The van der Waals surface area contributed by atoms with Gasteiger partial charge in [0.05, 0.1) is 6.04 Å². The minimum Gasteiger partial charge on any atom is -0.319 e. The second-order valence-electron chi connectivity index (χ2n) is 7.70. The minimum atomic E-state index is -0.229. The molecule has 1 aliphatic heterocycles. The lowest BCUT2D eigenvalue weighted by atomic mass is 10.0. The summed E-state index contributed by atoms with van der Waals surface area (Å²) in [5.41, 5.74) is 10.6. The van der Waals surface area contributed by atoms with Crippen molar-refractivity contribution in [2.24, 2.45) is 0 Å². The van der Waals surface area contributed by atoms with Crippen LogP contribution in [0, 0.1) is 5.82 Å². The largest absolute Gasteiger partial charge is 0.319 e. The van der Waals surface area contributed by atoms with Gasteiger partial charge in [-0.1, -0.05) is 55.1 Å². The highest BCUT2D eigenvalue weighted by Crippen LogP contribution is 2.46. The monoisotopic (exact) mass is 385 g/mol. The Kier molecular flexibility index (Phi) is 4.66. The van der Waals surface area contributed by atoms with Crippen LogP contribution in [0.1, 0.15) is 22.7 Å². The molecular formula is C25H24FN3. The second kappa shape index (κ2) is 7.47. The van der Waals surface area contributed by atoms with Crippen molar-refractivity contribution in [3.63, 3.8) is 0 Å². The first kappa shape index (κ1) is 18.1. The van der Waals surface area contributed by atoms with E-state index in [-0.39, 0.29) is 5.82 Å². The fourth-order valence-corrected chi connectivity index (χ4v) is 4.52. The topological polar surface area (TPSA) is 18.5 Å². The molecule has 29 heavy (non-hydrogen) atoms. The van der Waals surface area contributed by atoms with Crippen molar-refractivity contribution in [2.45, 2.75) is 6.04 Å². The summed E-state index contributed by atoms with van der Waals surface area (Å²) >= 11 is 0. The molecule has 5 rings (SSSR count). The van der Waals surface area contributed by atoms with E-state index >= 15 is 0 Å². The molecule has 0 aromatic heterocycles. The highest BCUT2D eigenvalue weighted by atomic mass is 19.1. The fraction of sp³-hybridized carbons (Fsp3) is 0.200. The molecule has 1 aliphatic carbocycles. The third-order valence-electron chi connectivity index (χ3n) is 5.97. The van der Waals surface area contributed by atoms with Gasteiger partial charge in [-0.15, -0.1) is 0 Å². The number of piperazine rings is 1. The summed E-state index contributed by atoms with van der Waals surface area (Å²) in [6.07, 6.45) is 0. The number of benzene rings is 3. The Bertz CT molecular complexity index is 990. The third kappa shape index (κ3) is 3.35. The van der Waals surface area contributed by atoms with Crippen molar-refractivity contribution in [2.75, 3.05) is 26.2 Å². The zero-order valence-corrected chi connectivity index (χ0v) is 16.3. The average Bonchev–Trinajstić information content (AvgIpc) is 3.09. The van der Waals surface area contributed by atoms with Gasteiger partial charge < -0.3 is 5.43 Å². The Labute approximate surface area is 171 Å². The van der Waals surface area contributed by atoms with E-state index in [1.807, 2.05) is 0 Å². The quantitative estimate of drug-likeness (QED) is 0.703. The molecule has 0 unspecified atom stereocenters. The van der Waals surface area contributed by atoms with Crippen LogP contribution >= 0.6 is 0 Å². The highest BCUT2D eigenvalue weighted by molar-refractivity contribution is 5.78. The van der Waals surface area contributed by atoms with Gasteiger partial charge in [-0.05, 0) is 52.1 Å². The van der Waals surface area contributed by atoms with E-state index in [9.17, 15) is 4.39 Å². The molecular weight excluding hydrogens is 361 g/mol. The summed E-state index contributed by atoms with van der Waals surface area (Å²) in [5.74, 6) is -0.229. The van der Waals surface area contributed by atoms with E-state index in [1.54, 1.807) is 12.1 Å². The Morgan fingerprint density at radius 2 is 1.34 bits per heavy atom. The van der Waals surface area contributed by atoms with E-state index in [2.05, 4.69) is 70.4 Å². The molecule has 3 nitrogen and oxygen atoms in total. The van der Waals surface area contributed by atoms with Crippen LogP contribution in [0.2, 0.25) is 0 Å². The lowest BCUT2D eigenvalue weighted by Crippen LogP contribution is -2.51. The average molecular weight is 385 g/mol. The van der Waals surface area contributed by atoms with Crippen molar-refractivity contribution in [3.05, 3.63) is 102 Å². The predicted molar refractivity (Wildman–Crippen MR) is 115 cm³/mol. The number of nitrogens with zero attached hydrogens (tertiary/aromatic N) is 2. The summed E-state index contributed by atoms with van der Waals surface area (Å²) in [4.78, 5) is 2.57. The lowest BCUT2D eigenvalue weighted by molar-refractivity contribution is 0.0906. The second-order valence-corrected chi connectivity index (χ2v) is 7.70. The zero-order chi connectivity index (χ0) is 19.8. The number of fused-ring (bicyclic) bond motifs is 3. The summed E-state index contributed by atoms with van der Waals surface area (Å²) in [6, 6.07) is 24.3. The summed E-state index contributed by atoms with van der Waals surface area (Å²) < 4.78 is 13.1. The first-order valence-electron chi connectivity index (χ1n) is 10.1. The summed E-state index contributed by atoms with van der Waals surface area (Å²) in [6.45, 7) is 7.86. The maximum absolute atomic E-state index is 13.1. The zero-order valence-electron chi connectivity index (χ0n) is 16.3. The number of hydrogen-bond acceptors (Lipinski definition) is 3. The minimum absolute atomic E-state index is 0.229. The van der Waals surface area contributed by atoms with Crippen LogP contribution in [0.3, 0.4) is 0 Å². The maximum atomic E-state index is 13.1. The van der Waals surface area contributed by atoms with E-state index in [0.717, 1.165) is 37.4 Å². The van der Waals surface area contributed by atoms with Gasteiger partial charge in [0.15, 0.2) is 0 Å². The molecule has 146 valence electrons. The lowest BCUT2D eigenvalue weighted by Gasteiger charge is -2.39. The normalized spacial score (nSPS) is 17.0. The van der Waals surface area contributed by atoms with Crippen molar-refractivity contribution < 1.29 is 4.39 Å². The molecule has 0 spiro atoms. The van der Waals surface area contributed by atoms with Crippen LogP contribution in [-0.2, 0) is 0 Å². The molecule has 0 amide bonds. The maximum Gasteiger partial charge on any atom is 0.123 e. The molecule has 1 fully saturated rings. The molecule has 0 saturated carbocycles. The SMILES string of the molecule is C=C(NN1CCN(C2c3ccccc3-c3ccccc32)CC1)c1ccc(F)cc1. The molecule has 2 aliphatic rings. The van der Waals surface area contributed by atoms with Gasteiger partial charge >= 0.3 is 0 Å². The Morgan fingerprint density at radius 1 is 0.793 bits per heavy atom.